The standard InChI is InChI=1S/C30H44N6S/c1-23-13-18-35(19-14-23)26-20-27(36-17-9-10-24(2)21-36)33-28(32-26)34-29(37)31-22-30(15-7-4-8-16-30)25-11-5-3-6-12-25/h3,5-6,11-12,20,23-24H,4,7-10,13-19,21-22H2,1-2H3,(H2,31,32,33,34,37)/t24-/m1/s1. The third-order valence-electron chi connectivity index (χ3n) is 8.80. The Labute approximate surface area is 228 Å². The molecule has 0 bridgehead atoms. The summed E-state index contributed by atoms with van der Waals surface area (Å²) in [6.07, 6.45) is 11.2. The molecule has 0 spiro atoms. The number of rotatable bonds is 6. The predicted molar refractivity (Wildman–Crippen MR) is 159 cm³/mol. The Morgan fingerprint density at radius 1 is 0.892 bits per heavy atom. The molecule has 3 fully saturated rings. The summed E-state index contributed by atoms with van der Waals surface area (Å²) in [4.78, 5) is 14.8. The smallest absolute Gasteiger partial charge is 0.232 e. The first-order valence-electron chi connectivity index (χ1n) is 14.5. The fourth-order valence-corrected chi connectivity index (χ4v) is 6.58. The van der Waals surface area contributed by atoms with Gasteiger partial charge in [0.25, 0.3) is 0 Å². The van der Waals surface area contributed by atoms with Crippen molar-refractivity contribution < 1.29 is 0 Å². The molecule has 7 heteroatoms. The number of anilines is 3. The first-order valence-corrected chi connectivity index (χ1v) is 14.9. The van der Waals surface area contributed by atoms with Gasteiger partial charge in [0.2, 0.25) is 5.95 Å². The van der Waals surface area contributed by atoms with Gasteiger partial charge in [0.1, 0.15) is 11.6 Å². The van der Waals surface area contributed by atoms with Crippen LogP contribution >= 0.6 is 12.2 Å². The molecule has 5 rings (SSSR count). The molecule has 6 nitrogen and oxygen atoms in total. The number of thiocarbonyl (C=S) groups is 1. The highest BCUT2D eigenvalue weighted by atomic mass is 32.1. The zero-order valence-corrected chi connectivity index (χ0v) is 23.5. The van der Waals surface area contributed by atoms with Crippen molar-refractivity contribution in [2.75, 3.05) is 47.8 Å². The molecule has 1 aliphatic carbocycles. The highest BCUT2D eigenvalue weighted by molar-refractivity contribution is 7.80. The summed E-state index contributed by atoms with van der Waals surface area (Å²) in [6, 6.07) is 13.2. The minimum atomic E-state index is 0.132. The van der Waals surface area contributed by atoms with Gasteiger partial charge in [0.15, 0.2) is 5.11 Å². The molecular weight excluding hydrogens is 476 g/mol. The summed E-state index contributed by atoms with van der Waals surface area (Å²) in [5, 5.41) is 7.55. The van der Waals surface area contributed by atoms with Crippen LogP contribution in [0.1, 0.15) is 77.2 Å². The van der Waals surface area contributed by atoms with Gasteiger partial charge in [-0.05, 0) is 68.1 Å². The fourth-order valence-electron chi connectivity index (χ4n) is 6.42. The SMILES string of the molecule is CC1CCN(c2cc(N3CCC[C@@H](C)C3)nc(NC(=S)NCC3(c4ccccc4)CCCCC3)n2)CC1. The summed E-state index contributed by atoms with van der Waals surface area (Å²) in [5.74, 6) is 4.12. The molecule has 2 aromatic rings. The second-order valence-electron chi connectivity index (χ2n) is 11.8. The number of nitrogens with zero attached hydrogens (tertiary/aromatic N) is 4. The average molecular weight is 521 g/mol. The lowest BCUT2D eigenvalue weighted by Crippen LogP contribution is -2.43. The van der Waals surface area contributed by atoms with E-state index in [0.29, 0.717) is 17.0 Å². The van der Waals surface area contributed by atoms with Crippen molar-refractivity contribution in [1.82, 2.24) is 15.3 Å². The first kappa shape index (κ1) is 26.2. The zero-order chi connectivity index (χ0) is 25.7. The van der Waals surface area contributed by atoms with Crippen LogP contribution in [0.25, 0.3) is 0 Å². The number of piperidine rings is 2. The summed E-state index contributed by atoms with van der Waals surface area (Å²) in [6.45, 7) is 9.74. The van der Waals surface area contributed by atoms with Gasteiger partial charge in [-0.2, -0.15) is 9.97 Å². The summed E-state index contributed by atoms with van der Waals surface area (Å²) in [7, 11) is 0. The number of benzene rings is 1. The lowest BCUT2D eigenvalue weighted by Gasteiger charge is -2.38. The van der Waals surface area contributed by atoms with Crippen molar-refractivity contribution in [3.63, 3.8) is 0 Å². The molecule has 1 aromatic carbocycles. The van der Waals surface area contributed by atoms with Gasteiger partial charge in [0.05, 0.1) is 0 Å². The maximum absolute atomic E-state index is 5.81. The van der Waals surface area contributed by atoms with E-state index in [0.717, 1.165) is 50.3 Å². The van der Waals surface area contributed by atoms with Crippen LogP contribution in [0.2, 0.25) is 0 Å². The monoisotopic (exact) mass is 520 g/mol. The van der Waals surface area contributed by atoms with E-state index >= 15 is 0 Å². The van der Waals surface area contributed by atoms with Crippen molar-refractivity contribution in [1.29, 1.82) is 0 Å². The molecule has 0 unspecified atom stereocenters. The van der Waals surface area contributed by atoms with E-state index in [1.165, 1.54) is 63.4 Å². The van der Waals surface area contributed by atoms with Gasteiger partial charge >= 0.3 is 0 Å². The molecule has 37 heavy (non-hydrogen) atoms. The van der Waals surface area contributed by atoms with Crippen molar-refractivity contribution >= 4 is 34.9 Å². The molecule has 0 amide bonds. The van der Waals surface area contributed by atoms with Crippen molar-refractivity contribution in [3.05, 3.63) is 42.0 Å². The van der Waals surface area contributed by atoms with Crippen molar-refractivity contribution in [3.8, 4) is 0 Å². The van der Waals surface area contributed by atoms with Gasteiger partial charge < -0.3 is 20.4 Å². The molecule has 0 radical (unpaired) electrons. The van der Waals surface area contributed by atoms with Crippen LogP contribution in [0.4, 0.5) is 17.6 Å². The van der Waals surface area contributed by atoms with E-state index in [4.69, 9.17) is 22.2 Å². The van der Waals surface area contributed by atoms with Gasteiger partial charge in [-0.3, -0.25) is 0 Å². The number of hydrogen-bond acceptors (Lipinski definition) is 5. The van der Waals surface area contributed by atoms with Crippen LogP contribution in [0.3, 0.4) is 0 Å². The summed E-state index contributed by atoms with van der Waals surface area (Å²) in [5.41, 5.74) is 1.55. The molecule has 3 aliphatic rings. The third kappa shape index (κ3) is 6.54. The van der Waals surface area contributed by atoms with Crippen LogP contribution in [-0.2, 0) is 5.41 Å². The molecule has 2 aliphatic heterocycles. The summed E-state index contributed by atoms with van der Waals surface area (Å²) >= 11 is 5.81. The van der Waals surface area contributed by atoms with Crippen LogP contribution < -0.4 is 20.4 Å². The van der Waals surface area contributed by atoms with E-state index in [1.54, 1.807) is 0 Å². The average Bonchev–Trinajstić information content (AvgIpc) is 2.93. The fraction of sp³-hybridized carbons (Fsp3) is 0.633. The Morgan fingerprint density at radius 2 is 1.59 bits per heavy atom. The Morgan fingerprint density at radius 3 is 2.30 bits per heavy atom. The van der Waals surface area contributed by atoms with Gasteiger partial charge in [-0.15, -0.1) is 0 Å². The number of aromatic nitrogens is 2. The highest BCUT2D eigenvalue weighted by Crippen LogP contribution is 2.39. The molecule has 3 heterocycles. The number of nitrogens with one attached hydrogen (secondary N) is 2. The maximum atomic E-state index is 5.81. The Kier molecular flexibility index (Phi) is 8.48. The van der Waals surface area contributed by atoms with Gasteiger partial charge in [0, 0.05) is 44.2 Å². The predicted octanol–water partition coefficient (Wildman–Crippen LogP) is 6.14. The van der Waals surface area contributed by atoms with Gasteiger partial charge in [-0.25, -0.2) is 0 Å². The Hall–Kier alpha value is -2.41. The molecule has 200 valence electrons. The first-order chi connectivity index (χ1) is 18.0. The quantitative estimate of drug-likeness (QED) is 0.444. The van der Waals surface area contributed by atoms with E-state index in [2.05, 4.69) is 70.7 Å². The Balaban J connectivity index is 1.32. The topological polar surface area (TPSA) is 56.3 Å². The molecular formula is C30H44N6S. The van der Waals surface area contributed by atoms with Gasteiger partial charge in [-0.1, -0.05) is 63.4 Å². The van der Waals surface area contributed by atoms with Crippen LogP contribution in [-0.4, -0.2) is 47.8 Å². The minimum Gasteiger partial charge on any atom is -0.361 e. The molecule has 2 N–H and O–H groups in total. The van der Waals surface area contributed by atoms with E-state index in [-0.39, 0.29) is 5.41 Å². The van der Waals surface area contributed by atoms with Crippen LogP contribution in [0.5, 0.6) is 0 Å². The Bertz CT molecular complexity index is 1030. The minimum absolute atomic E-state index is 0.132. The second-order valence-corrected chi connectivity index (χ2v) is 12.2. The second kappa shape index (κ2) is 12.0. The molecule has 1 aromatic heterocycles. The van der Waals surface area contributed by atoms with E-state index in [9.17, 15) is 0 Å². The van der Waals surface area contributed by atoms with Crippen LogP contribution in [0.15, 0.2) is 36.4 Å². The summed E-state index contributed by atoms with van der Waals surface area (Å²) < 4.78 is 0. The largest absolute Gasteiger partial charge is 0.361 e. The lowest BCUT2D eigenvalue weighted by molar-refractivity contribution is 0.292. The highest BCUT2D eigenvalue weighted by Gasteiger charge is 2.34. The number of hydrogen-bond donors (Lipinski definition) is 2. The molecule has 1 atom stereocenters. The van der Waals surface area contributed by atoms with Crippen LogP contribution in [0, 0.1) is 11.8 Å². The maximum Gasteiger partial charge on any atom is 0.232 e. The molecule has 1 saturated carbocycles. The normalized spacial score (nSPS) is 22.5. The lowest BCUT2D eigenvalue weighted by atomic mass is 9.69. The van der Waals surface area contributed by atoms with E-state index in [1.807, 2.05) is 0 Å². The van der Waals surface area contributed by atoms with E-state index < -0.39 is 0 Å². The van der Waals surface area contributed by atoms with Crippen molar-refractivity contribution in [2.45, 2.75) is 77.0 Å². The third-order valence-corrected chi connectivity index (χ3v) is 9.04. The van der Waals surface area contributed by atoms with Crippen molar-refractivity contribution in [2.24, 2.45) is 11.8 Å². The molecule has 2 saturated heterocycles. The zero-order valence-electron chi connectivity index (χ0n) is 22.7.